The van der Waals surface area contributed by atoms with Crippen LogP contribution in [0.15, 0.2) is 60.7 Å². The fourth-order valence-electron chi connectivity index (χ4n) is 5.18. The molecule has 3 aromatic carbocycles. The fraction of sp³-hybridized carbons (Fsp3) is 0.286. The summed E-state index contributed by atoms with van der Waals surface area (Å²) in [6.45, 7) is 8.34. The van der Waals surface area contributed by atoms with Crippen molar-refractivity contribution >= 4 is 46.2 Å². The van der Waals surface area contributed by atoms with Crippen molar-refractivity contribution in [1.29, 1.82) is 0 Å². The Morgan fingerprint density at radius 2 is 1.94 bits per heavy atom. The van der Waals surface area contributed by atoms with Gasteiger partial charge in [-0.05, 0) is 81.9 Å². The Morgan fingerprint density at radius 3 is 2.64 bits per heavy atom. The number of benzene rings is 3. The summed E-state index contributed by atoms with van der Waals surface area (Å²) in [5.74, 6) is 0.419. The molecule has 5 rings (SSSR count). The first-order valence-corrected chi connectivity index (χ1v) is 12.7. The first-order chi connectivity index (χ1) is 17.2. The highest BCUT2D eigenvalue weighted by Crippen LogP contribution is 2.52. The molecule has 2 N–H and O–H groups in total. The van der Waals surface area contributed by atoms with Gasteiger partial charge in [0.2, 0.25) is 5.91 Å². The van der Waals surface area contributed by atoms with E-state index in [2.05, 4.69) is 10.6 Å². The van der Waals surface area contributed by atoms with E-state index in [9.17, 15) is 4.79 Å². The summed E-state index contributed by atoms with van der Waals surface area (Å²) >= 11 is 12.0. The summed E-state index contributed by atoms with van der Waals surface area (Å²) < 4.78 is 12.6. The Kier molecular flexibility index (Phi) is 6.30. The molecule has 2 aliphatic heterocycles. The molecule has 1 fully saturated rings. The van der Waals surface area contributed by atoms with Gasteiger partial charge in [0.15, 0.2) is 22.3 Å². The predicted octanol–water partition coefficient (Wildman–Crippen LogP) is 6.15. The topological polar surface area (TPSA) is 62.8 Å². The van der Waals surface area contributed by atoms with Gasteiger partial charge >= 0.3 is 0 Å². The van der Waals surface area contributed by atoms with Crippen LogP contribution < -0.4 is 25.0 Å². The van der Waals surface area contributed by atoms with Crippen LogP contribution in [0.5, 0.6) is 11.5 Å². The largest absolute Gasteiger partial charge is 0.490 e. The fourth-order valence-corrected chi connectivity index (χ4v) is 5.72. The van der Waals surface area contributed by atoms with E-state index in [1.54, 1.807) is 12.1 Å². The van der Waals surface area contributed by atoms with Crippen LogP contribution in [0.3, 0.4) is 0 Å². The highest BCUT2D eigenvalue weighted by Gasteiger charge is 2.59. The number of amides is 1. The van der Waals surface area contributed by atoms with Gasteiger partial charge in [0, 0.05) is 22.0 Å². The van der Waals surface area contributed by atoms with Crippen molar-refractivity contribution in [2.24, 2.45) is 5.92 Å². The number of hydrogen-bond donors (Lipinski definition) is 2. The van der Waals surface area contributed by atoms with E-state index in [0.29, 0.717) is 28.2 Å². The molecule has 0 aromatic heterocycles. The van der Waals surface area contributed by atoms with E-state index < -0.39 is 17.7 Å². The second-order valence-electron chi connectivity index (χ2n) is 9.29. The van der Waals surface area contributed by atoms with Gasteiger partial charge < -0.3 is 20.1 Å². The minimum atomic E-state index is -1.15. The van der Waals surface area contributed by atoms with Crippen LogP contribution >= 0.6 is 23.8 Å². The number of hydrogen-bond acceptors (Lipinski definition) is 4. The van der Waals surface area contributed by atoms with Gasteiger partial charge in [0.05, 0.1) is 12.6 Å². The van der Waals surface area contributed by atoms with Gasteiger partial charge in [-0.3, -0.25) is 9.69 Å². The van der Waals surface area contributed by atoms with Crippen LogP contribution in [0.2, 0.25) is 5.02 Å². The third-order valence-electron chi connectivity index (χ3n) is 6.80. The lowest BCUT2D eigenvalue weighted by Gasteiger charge is -2.56. The van der Waals surface area contributed by atoms with Crippen LogP contribution in [0.1, 0.15) is 36.6 Å². The second-order valence-corrected chi connectivity index (χ2v) is 10.1. The number of halogens is 1. The lowest BCUT2D eigenvalue weighted by Crippen LogP contribution is -2.72. The summed E-state index contributed by atoms with van der Waals surface area (Å²) in [6, 6.07) is 18.6. The molecule has 1 amide bonds. The zero-order valence-corrected chi connectivity index (χ0v) is 22.2. The van der Waals surface area contributed by atoms with Crippen molar-refractivity contribution in [2.75, 3.05) is 16.8 Å². The Morgan fingerprint density at radius 1 is 1.19 bits per heavy atom. The molecule has 36 heavy (non-hydrogen) atoms. The summed E-state index contributed by atoms with van der Waals surface area (Å²) in [4.78, 5) is 15.9. The average molecular weight is 522 g/mol. The normalized spacial score (nSPS) is 22.2. The molecule has 0 aliphatic carbocycles. The summed E-state index contributed by atoms with van der Waals surface area (Å²) in [6.07, 6.45) is 0. The van der Waals surface area contributed by atoms with Crippen molar-refractivity contribution < 1.29 is 14.3 Å². The maximum atomic E-state index is 14.0. The van der Waals surface area contributed by atoms with Crippen molar-refractivity contribution in [3.05, 3.63) is 82.4 Å². The van der Waals surface area contributed by atoms with Crippen LogP contribution in [0, 0.1) is 19.8 Å². The summed E-state index contributed by atoms with van der Waals surface area (Å²) in [7, 11) is 0. The van der Waals surface area contributed by atoms with Gasteiger partial charge in [-0.15, -0.1) is 0 Å². The van der Waals surface area contributed by atoms with E-state index in [-0.39, 0.29) is 5.91 Å². The molecule has 0 radical (unpaired) electrons. The zero-order chi connectivity index (χ0) is 25.6. The van der Waals surface area contributed by atoms with Crippen molar-refractivity contribution in [3.63, 3.8) is 0 Å². The molecule has 3 atom stereocenters. The highest BCUT2D eigenvalue weighted by molar-refractivity contribution is 7.80. The number of nitrogens with one attached hydrogen (secondary N) is 2. The lowest BCUT2D eigenvalue weighted by atomic mass is 9.78. The number of carbonyl (C=O) groups excluding carboxylic acids is 1. The van der Waals surface area contributed by atoms with E-state index in [4.69, 9.17) is 33.3 Å². The number of anilines is 2. The number of ether oxygens (including phenoxy) is 2. The maximum Gasteiger partial charge on any atom is 0.236 e. The number of nitrogens with zero attached hydrogens (tertiary/aromatic N) is 1. The van der Waals surface area contributed by atoms with Crippen molar-refractivity contribution in [2.45, 2.75) is 39.5 Å². The minimum Gasteiger partial charge on any atom is -0.490 e. The van der Waals surface area contributed by atoms with Gasteiger partial charge in [0.1, 0.15) is 5.92 Å². The molecular weight excluding hydrogens is 494 g/mol. The molecule has 0 spiro atoms. The zero-order valence-electron chi connectivity index (χ0n) is 20.6. The van der Waals surface area contributed by atoms with Crippen molar-refractivity contribution in [3.8, 4) is 11.5 Å². The van der Waals surface area contributed by atoms with Crippen LogP contribution in [-0.2, 0) is 4.79 Å². The molecular formula is C28H28ClN3O3S. The van der Waals surface area contributed by atoms with Gasteiger partial charge in [0.25, 0.3) is 0 Å². The number of thiocarbonyl (C=S) groups is 1. The van der Waals surface area contributed by atoms with Crippen LogP contribution in [0.25, 0.3) is 0 Å². The molecule has 3 aromatic rings. The molecule has 2 heterocycles. The SMILES string of the molecule is CCOc1cccc2c1OC1(C)C(C(=O)Nc3ccc(C)cc3C)C2NC(=S)N1c1ccc(Cl)cc1. The van der Waals surface area contributed by atoms with E-state index in [1.807, 2.05) is 81.1 Å². The number of carbonyl (C=O) groups is 1. The summed E-state index contributed by atoms with van der Waals surface area (Å²) in [5, 5.41) is 7.65. The smallest absolute Gasteiger partial charge is 0.236 e. The van der Waals surface area contributed by atoms with Gasteiger partial charge in [-0.25, -0.2) is 0 Å². The van der Waals surface area contributed by atoms with Crippen LogP contribution in [0.4, 0.5) is 11.4 Å². The van der Waals surface area contributed by atoms with Gasteiger partial charge in [-0.1, -0.05) is 41.4 Å². The highest BCUT2D eigenvalue weighted by atomic mass is 35.5. The molecule has 8 heteroatoms. The van der Waals surface area contributed by atoms with E-state index in [0.717, 1.165) is 28.1 Å². The number of para-hydroxylation sites is 1. The first-order valence-electron chi connectivity index (χ1n) is 11.9. The molecule has 3 unspecified atom stereocenters. The lowest BCUT2D eigenvalue weighted by molar-refractivity contribution is -0.130. The van der Waals surface area contributed by atoms with Crippen molar-refractivity contribution in [1.82, 2.24) is 5.32 Å². The maximum absolute atomic E-state index is 14.0. The monoisotopic (exact) mass is 521 g/mol. The summed E-state index contributed by atoms with van der Waals surface area (Å²) in [5.41, 5.74) is 3.34. The molecule has 1 saturated heterocycles. The minimum absolute atomic E-state index is 0.170. The number of aryl methyl sites for hydroxylation is 2. The number of rotatable bonds is 5. The van der Waals surface area contributed by atoms with E-state index in [1.165, 1.54) is 0 Å². The Hall–Kier alpha value is -3.29. The third-order valence-corrected chi connectivity index (χ3v) is 7.35. The average Bonchev–Trinajstić information content (AvgIpc) is 2.82. The third kappa shape index (κ3) is 4.06. The number of fused-ring (bicyclic) bond motifs is 4. The second kappa shape index (κ2) is 9.30. The Balaban J connectivity index is 1.64. The molecule has 2 bridgehead atoms. The predicted molar refractivity (Wildman–Crippen MR) is 147 cm³/mol. The quantitative estimate of drug-likeness (QED) is 0.392. The van der Waals surface area contributed by atoms with Crippen LogP contribution in [-0.4, -0.2) is 23.4 Å². The molecule has 186 valence electrons. The molecule has 2 aliphatic rings. The Bertz CT molecular complexity index is 1350. The Labute approximate surface area is 221 Å². The standard InChI is InChI=1S/C28H28ClN3O3S/c1-5-34-22-8-6-7-20-24-23(26(33)30-21-14-9-16(2)15-17(21)3)28(4,35-25(20)22)32(27(36)31-24)19-12-10-18(29)11-13-19/h6-15,23-24H,5H2,1-4H3,(H,30,33)(H,31,36). The van der Waals surface area contributed by atoms with E-state index >= 15 is 0 Å². The first kappa shape index (κ1) is 24.4. The molecule has 0 saturated carbocycles. The van der Waals surface area contributed by atoms with Gasteiger partial charge in [-0.2, -0.15) is 0 Å². The molecule has 6 nitrogen and oxygen atoms in total.